The zero-order valence-electron chi connectivity index (χ0n) is 12.2. The molecule has 0 aliphatic heterocycles. The van der Waals surface area contributed by atoms with Crippen molar-refractivity contribution in [3.05, 3.63) is 52.0 Å². The van der Waals surface area contributed by atoms with Crippen LogP contribution in [0.3, 0.4) is 0 Å². The van der Waals surface area contributed by atoms with E-state index in [9.17, 15) is 0 Å². The first-order chi connectivity index (χ1) is 10.1. The minimum atomic E-state index is -0.257. The fourth-order valence-corrected chi connectivity index (χ4v) is 2.67. The van der Waals surface area contributed by atoms with Gasteiger partial charge in [0.2, 0.25) is 0 Å². The molecule has 0 saturated carbocycles. The molecule has 0 spiro atoms. The number of halogens is 1. The average molecular weight is 352 g/mol. The molecule has 2 N–H and O–H groups in total. The monoisotopic (exact) mass is 351 g/mol. The standard InChI is InChI=1S/C16H18BrNO3/c1-19-13-6-4-10(8-12(13)17)16(18)11-5-7-14(20-2)15(9-11)21-3/h4-9,16H,18H2,1-3H3. The Hall–Kier alpha value is -1.72. The van der Waals surface area contributed by atoms with Crippen LogP contribution in [0.5, 0.6) is 17.2 Å². The van der Waals surface area contributed by atoms with E-state index in [0.29, 0.717) is 11.5 Å². The maximum Gasteiger partial charge on any atom is 0.161 e. The number of nitrogens with two attached hydrogens (primary N) is 1. The fourth-order valence-electron chi connectivity index (χ4n) is 2.11. The van der Waals surface area contributed by atoms with Crippen LogP contribution >= 0.6 is 15.9 Å². The van der Waals surface area contributed by atoms with Gasteiger partial charge < -0.3 is 19.9 Å². The van der Waals surface area contributed by atoms with Crippen LogP contribution in [0.1, 0.15) is 17.2 Å². The third-order valence-corrected chi connectivity index (χ3v) is 3.92. The van der Waals surface area contributed by atoms with Crippen LogP contribution in [-0.2, 0) is 0 Å². The zero-order chi connectivity index (χ0) is 15.4. The molecule has 0 aromatic heterocycles. The molecule has 1 atom stereocenters. The molecule has 0 heterocycles. The molecule has 2 aromatic rings. The summed E-state index contributed by atoms with van der Waals surface area (Å²) in [5.74, 6) is 2.13. The van der Waals surface area contributed by atoms with Crippen molar-refractivity contribution in [2.45, 2.75) is 6.04 Å². The Morgan fingerprint density at radius 3 is 1.86 bits per heavy atom. The molecule has 2 aromatic carbocycles. The molecule has 1 unspecified atom stereocenters. The highest BCUT2D eigenvalue weighted by Gasteiger charge is 2.14. The summed E-state index contributed by atoms with van der Waals surface area (Å²) in [6, 6.07) is 11.2. The Labute approximate surface area is 132 Å². The summed E-state index contributed by atoms with van der Waals surface area (Å²) in [5.41, 5.74) is 8.26. The normalized spacial score (nSPS) is 11.9. The second-order valence-corrected chi connectivity index (χ2v) is 5.34. The number of hydrogen-bond acceptors (Lipinski definition) is 4. The van der Waals surface area contributed by atoms with Crippen LogP contribution < -0.4 is 19.9 Å². The van der Waals surface area contributed by atoms with Gasteiger partial charge in [0.25, 0.3) is 0 Å². The molecule has 0 aliphatic rings. The summed E-state index contributed by atoms with van der Waals surface area (Å²) in [6.07, 6.45) is 0. The summed E-state index contributed by atoms with van der Waals surface area (Å²) in [6.45, 7) is 0. The molecule has 112 valence electrons. The largest absolute Gasteiger partial charge is 0.496 e. The molecule has 5 heteroatoms. The van der Waals surface area contributed by atoms with E-state index in [1.807, 2.05) is 36.4 Å². The third-order valence-electron chi connectivity index (χ3n) is 3.30. The topological polar surface area (TPSA) is 53.7 Å². The van der Waals surface area contributed by atoms with Crippen LogP contribution in [0.25, 0.3) is 0 Å². The van der Waals surface area contributed by atoms with Crippen molar-refractivity contribution in [1.29, 1.82) is 0 Å². The lowest BCUT2D eigenvalue weighted by molar-refractivity contribution is 0.354. The number of benzene rings is 2. The predicted octanol–water partition coefficient (Wildman–Crippen LogP) is 3.52. The minimum absolute atomic E-state index is 0.257. The predicted molar refractivity (Wildman–Crippen MR) is 86.3 cm³/mol. The Balaban J connectivity index is 2.35. The molecular weight excluding hydrogens is 334 g/mol. The summed E-state index contributed by atoms with van der Waals surface area (Å²) >= 11 is 3.47. The molecule has 0 amide bonds. The van der Waals surface area contributed by atoms with Gasteiger partial charge in [0.05, 0.1) is 31.8 Å². The average Bonchev–Trinajstić information content (AvgIpc) is 2.53. The molecule has 21 heavy (non-hydrogen) atoms. The zero-order valence-corrected chi connectivity index (χ0v) is 13.8. The van der Waals surface area contributed by atoms with Crippen LogP contribution in [-0.4, -0.2) is 21.3 Å². The second kappa shape index (κ2) is 6.83. The number of methoxy groups -OCH3 is 3. The van der Waals surface area contributed by atoms with Gasteiger partial charge in [0.15, 0.2) is 11.5 Å². The van der Waals surface area contributed by atoms with Crippen LogP contribution in [0.4, 0.5) is 0 Å². The van der Waals surface area contributed by atoms with Crippen molar-refractivity contribution >= 4 is 15.9 Å². The van der Waals surface area contributed by atoms with E-state index in [-0.39, 0.29) is 6.04 Å². The molecule has 0 bridgehead atoms. The van der Waals surface area contributed by atoms with E-state index in [2.05, 4.69) is 15.9 Å². The van der Waals surface area contributed by atoms with Crippen LogP contribution in [0.15, 0.2) is 40.9 Å². The van der Waals surface area contributed by atoms with E-state index < -0.39 is 0 Å². The lowest BCUT2D eigenvalue weighted by Crippen LogP contribution is -2.12. The van der Waals surface area contributed by atoms with E-state index >= 15 is 0 Å². The smallest absolute Gasteiger partial charge is 0.161 e. The fraction of sp³-hybridized carbons (Fsp3) is 0.250. The van der Waals surface area contributed by atoms with Gasteiger partial charge in [0.1, 0.15) is 5.75 Å². The van der Waals surface area contributed by atoms with Gasteiger partial charge in [0, 0.05) is 0 Å². The van der Waals surface area contributed by atoms with Crippen LogP contribution in [0, 0.1) is 0 Å². The van der Waals surface area contributed by atoms with Crippen molar-refractivity contribution < 1.29 is 14.2 Å². The minimum Gasteiger partial charge on any atom is -0.496 e. The van der Waals surface area contributed by atoms with Crippen molar-refractivity contribution in [2.24, 2.45) is 5.73 Å². The lowest BCUT2D eigenvalue weighted by atomic mass is 9.99. The first kappa shape index (κ1) is 15.7. The highest BCUT2D eigenvalue weighted by Crippen LogP contribution is 2.33. The van der Waals surface area contributed by atoms with E-state index in [1.54, 1.807) is 21.3 Å². The first-order valence-electron chi connectivity index (χ1n) is 6.41. The Kier molecular flexibility index (Phi) is 5.09. The third kappa shape index (κ3) is 3.31. The van der Waals surface area contributed by atoms with E-state index in [1.165, 1.54) is 0 Å². The number of hydrogen-bond donors (Lipinski definition) is 1. The highest BCUT2D eigenvalue weighted by atomic mass is 79.9. The molecule has 2 rings (SSSR count). The Morgan fingerprint density at radius 1 is 0.810 bits per heavy atom. The molecule has 4 nitrogen and oxygen atoms in total. The summed E-state index contributed by atoms with van der Waals surface area (Å²) in [5, 5.41) is 0. The number of rotatable bonds is 5. The summed E-state index contributed by atoms with van der Waals surface area (Å²) in [4.78, 5) is 0. The highest BCUT2D eigenvalue weighted by molar-refractivity contribution is 9.10. The molecular formula is C16H18BrNO3. The molecule has 0 radical (unpaired) electrons. The van der Waals surface area contributed by atoms with Crippen molar-refractivity contribution in [1.82, 2.24) is 0 Å². The first-order valence-corrected chi connectivity index (χ1v) is 7.21. The molecule has 0 saturated heterocycles. The number of ether oxygens (including phenoxy) is 3. The van der Waals surface area contributed by atoms with Gasteiger partial charge in [-0.3, -0.25) is 0 Å². The molecule has 0 aliphatic carbocycles. The molecule has 0 fully saturated rings. The van der Waals surface area contributed by atoms with E-state index in [0.717, 1.165) is 21.3 Å². The summed E-state index contributed by atoms with van der Waals surface area (Å²) < 4.78 is 16.7. The van der Waals surface area contributed by atoms with Gasteiger partial charge >= 0.3 is 0 Å². The Morgan fingerprint density at radius 2 is 1.33 bits per heavy atom. The van der Waals surface area contributed by atoms with Gasteiger partial charge in [-0.2, -0.15) is 0 Å². The van der Waals surface area contributed by atoms with Crippen LogP contribution in [0.2, 0.25) is 0 Å². The van der Waals surface area contributed by atoms with Gasteiger partial charge in [-0.1, -0.05) is 12.1 Å². The van der Waals surface area contributed by atoms with Gasteiger partial charge in [-0.05, 0) is 51.3 Å². The maximum atomic E-state index is 6.33. The van der Waals surface area contributed by atoms with Crippen molar-refractivity contribution in [3.8, 4) is 17.2 Å². The summed E-state index contributed by atoms with van der Waals surface area (Å²) in [7, 11) is 4.85. The van der Waals surface area contributed by atoms with Gasteiger partial charge in [-0.15, -0.1) is 0 Å². The maximum absolute atomic E-state index is 6.33. The second-order valence-electron chi connectivity index (χ2n) is 4.49. The quantitative estimate of drug-likeness (QED) is 0.895. The Bertz CT molecular complexity index is 631. The lowest BCUT2D eigenvalue weighted by Gasteiger charge is -2.16. The van der Waals surface area contributed by atoms with Crippen molar-refractivity contribution in [2.75, 3.05) is 21.3 Å². The van der Waals surface area contributed by atoms with Crippen molar-refractivity contribution in [3.63, 3.8) is 0 Å². The van der Waals surface area contributed by atoms with E-state index in [4.69, 9.17) is 19.9 Å². The SMILES string of the molecule is COc1ccc(C(N)c2ccc(OC)c(OC)c2)cc1Br. The van der Waals surface area contributed by atoms with Gasteiger partial charge in [-0.25, -0.2) is 0 Å².